The van der Waals surface area contributed by atoms with Crippen LogP contribution in [0.3, 0.4) is 0 Å². The molecule has 0 N–H and O–H groups in total. The molecule has 0 aliphatic carbocycles. The molecule has 0 aliphatic rings. The predicted octanol–water partition coefficient (Wildman–Crippen LogP) is 2.93. The molecule has 3 rings (SSSR count). The van der Waals surface area contributed by atoms with Crippen LogP contribution >= 0.6 is 0 Å². The van der Waals surface area contributed by atoms with Crippen molar-refractivity contribution in [1.29, 1.82) is 0 Å². The van der Waals surface area contributed by atoms with Gasteiger partial charge in [-0.3, -0.25) is 4.68 Å². The Bertz CT molecular complexity index is 640. The Morgan fingerprint density at radius 1 is 1.00 bits per heavy atom. The van der Waals surface area contributed by atoms with Crippen molar-refractivity contribution >= 4 is 0 Å². The van der Waals surface area contributed by atoms with E-state index in [1.165, 1.54) is 5.56 Å². The van der Waals surface area contributed by atoms with E-state index < -0.39 is 0 Å². The smallest absolute Gasteiger partial charge is 0.115 e. The average molecular weight is 266 g/mol. The van der Waals surface area contributed by atoms with Gasteiger partial charge in [-0.25, -0.2) is 4.98 Å². The molecule has 0 spiro atoms. The minimum Gasteiger partial charge on any atom is -0.333 e. The van der Waals surface area contributed by atoms with Gasteiger partial charge >= 0.3 is 0 Å². The van der Waals surface area contributed by atoms with Crippen molar-refractivity contribution in [2.45, 2.75) is 25.9 Å². The average Bonchev–Trinajstić information content (AvgIpc) is 3.16. The summed E-state index contributed by atoms with van der Waals surface area (Å²) in [4.78, 5) is 4.53. The third-order valence-corrected chi connectivity index (χ3v) is 3.56. The molecule has 0 saturated heterocycles. The standard InChI is InChI=1S/C16H18N4/c1-14(15-6-3-2-4-7-15)16-17-9-11-19(16)12-13-20-10-5-8-18-20/h2-11,14H,12-13H2,1H3/t14-/m1/s1. The second-order valence-electron chi connectivity index (χ2n) is 4.88. The van der Waals surface area contributed by atoms with E-state index in [1.807, 2.05) is 35.4 Å². The molecule has 4 heteroatoms. The fourth-order valence-corrected chi connectivity index (χ4v) is 2.42. The van der Waals surface area contributed by atoms with Crippen molar-refractivity contribution in [2.24, 2.45) is 0 Å². The van der Waals surface area contributed by atoms with E-state index in [0.29, 0.717) is 5.92 Å². The Hall–Kier alpha value is -2.36. The second kappa shape index (κ2) is 5.74. The number of hydrogen-bond donors (Lipinski definition) is 0. The lowest BCUT2D eigenvalue weighted by Crippen LogP contribution is -2.12. The van der Waals surface area contributed by atoms with E-state index in [0.717, 1.165) is 18.9 Å². The zero-order chi connectivity index (χ0) is 13.8. The maximum Gasteiger partial charge on any atom is 0.115 e. The summed E-state index contributed by atoms with van der Waals surface area (Å²) in [5, 5.41) is 4.23. The molecular weight excluding hydrogens is 248 g/mol. The molecule has 2 aromatic heterocycles. The van der Waals surface area contributed by atoms with Gasteiger partial charge in [0.15, 0.2) is 0 Å². The van der Waals surface area contributed by atoms with Crippen molar-refractivity contribution in [1.82, 2.24) is 19.3 Å². The van der Waals surface area contributed by atoms with Crippen LogP contribution in [0.15, 0.2) is 61.2 Å². The molecule has 1 aromatic carbocycles. The van der Waals surface area contributed by atoms with Crippen molar-refractivity contribution in [3.05, 3.63) is 72.6 Å². The molecule has 20 heavy (non-hydrogen) atoms. The predicted molar refractivity (Wildman–Crippen MR) is 78.4 cm³/mol. The molecule has 3 aromatic rings. The Morgan fingerprint density at radius 3 is 2.60 bits per heavy atom. The summed E-state index contributed by atoms with van der Waals surface area (Å²) in [5.74, 6) is 1.40. The highest BCUT2D eigenvalue weighted by Gasteiger charge is 2.13. The fourth-order valence-electron chi connectivity index (χ4n) is 2.42. The van der Waals surface area contributed by atoms with E-state index in [2.05, 4.69) is 45.8 Å². The molecule has 0 radical (unpaired) electrons. The first-order chi connectivity index (χ1) is 9.84. The highest BCUT2D eigenvalue weighted by atomic mass is 15.3. The van der Waals surface area contributed by atoms with Gasteiger partial charge < -0.3 is 4.57 Å². The van der Waals surface area contributed by atoms with Crippen LogP contribution < -0.4 is 0 Å². The lowest BCUT2D eigenvalue weighted by molar-refractivity contribution is 0.515. The largest absolute Gasteiger partial charge is 0.333 e. The number of rotatable bonds is 5. The van der Waals surface area contributed by atoms with Gasteiger partial charge in [-0.15, -0.1) is 0 Å². The number of benzene rings is 1. The first kappa shape index (κ1) is 12.7. The van der Waals surface area contributed by atoms with E-state index in [1.54, 1.807) is 6.20 Å². The number of hydrogen-bond acceptors (Lipinski definition) is 2. The van der Waals surface area contributed by atoms with Crippen LogP contribution in [0.25, 0.3) is 0 Å². The van der Waals surface area contributed by atoms with Gasteiger partial charge in [-0.1, -0.05) is 37.3 Å². The van der Waals surface area contributed by atoms with E-state index in [4.69, 9.17) is 0 Å². The zero-order valence-electron chi connectivity index (χ0n) is 11.6. The summed E-state index contributed by atoms with van der Waals surface area (Å²) in [6.45, 7) is 3.94. The van der Waals surface area contributed by atoms with Gasteiger partial charge in [-0.2, -0.15) is 5.10 Å². The number of aryl methyl sites for hydroxylation is 2. The Labute approximate surface area is 118 Å². The molecule has 4 nitrogen and oxygen atoms in total. The molecule has 1 atom stereocenters. The van der Waals surface area contributed by atoms with Crippen molar-refractivity contribution in [2.75, 3.05) is 0 Å². The first-order valence-corrected chi connectivity index (χ1v) is 6.88. The van der Waals surface area contributed by atoms with Gasteiger partial charge in [0.2, 0.25) is 0 Å². The third-order valence-electron chi connectivity index (χ3n) is 3.56. The van der Waals surface area contributed by atoms with Crippen molar-refractivity contribution in [3.63, 3.8) is 0 Å². The quantitative estimate of drug-likeness (QED) is 0.712. The minimum absolute atomic E-state index is 0.295. The molecule has 0 aliphatic heterocycles. The van der Waals surface area contributed by atoms with Gasteiger partial charge in [0.25, 0.3) is 0 Å². The maximum absolute atomic E-state index is 4.53. The summed E-state index contributed by atoms with van der Waals surface area (Å²) >= 11 is 0. The van der Waals surface area contributed by atoms with Crippen LogP contribution in [0, 0.1) is 0 Å². The van der Waals surface area contributed by atoms with Gasteiger partial charge in [0.05, 0.1) is 6.54 Å². The van der Waals surface area contributed by atoms with Crippen LogP contribution in [0.5, 0.6) is 0 Å². The molecule has 2 heterocycles. The lowest BCUT2D eigenvalue weighted by Gasteiger charge is -2.14. The molecule has 0 unspecified atom stereocenters. The Morgan fingerprint density at radius 2 is 1.85 bits per heavy atom. The van der Waals surface area contributed by atoms with Gasteiger partial charge in [0, 0.05) is 37.3 Å². The van der Waals surface area contributed by atoms with Gasteiger partial charge in [0.1, 0.15) is 5.82 Å². The molecule has 0 saturated carbocycles. The van der Waals surface area contributed by atoms with Crippen molar-refractivity contribution < 1.29 is 0 Å². The second-order valence-corrected chi connectivity index (χ2v) is 4.88. The summed E-state index contributed by atoms with van der Waals surface area (Å²) < 4.78 is 4.15. The van der Waals surface area contributed by atoms with Crippen LogP contribution in [-0.2, 0) is 13.1 Å². The molecule has 0 fully saturated rings. The third kappa shape index (κ3) is 2.64. The molecule has 0 amide bonds. The molecule has 102 valence electrons. The fraction of sp³-hybridized carbons (Fsp3) is 0.250. The summed E-state index contributed by atoms with van der Waals surface area (Å²) in [6.07, 6.45) is 7.70. The zero-order valence-corrected chi connectivity index (χ0v) is 11.6. The van der Waals surface area contributed by atoms with E-state index in [-0.39, 0.29) is 0 Å². The summed E-state index contributed by atoms with van der Waals surface area (Å²) in [6, 6.07) is 12.4. The normalized spacial score (nSPS) is 12.4. The van der Waals surface area contributed by atoms with Crippen LogP contribution in [-0.4, -0.2) is 19.3 Å². The minimum atomic E-state index is 0.295. The lowest BCUT2D eigenvalue weighted by atomic mass is 10.0. The van der Waals surface area contributed by atoms with E-state index in [9.17, 15) is 0 Å². The summed E-state index contributed by atoms with van der Waals surface area (Å²) in [7, 11) is 0. The molecule has 0 bridgehead atoms. The number of nitrogens with zero attached hydrogens (tertiary/aromatic N) is 4. The SMILES string of the molecule is C[C@H](c1ccccc1)c1nccn1CCn1cccn1. The number of aromatic nitrogens is 4. The topological polar surface area (TPSA) is 35.6 Å². The van der Waals surface area contributed by atoms with E-state index >= 15 is 0 Å². The van der Waals surface area contributed by atoms with Crippen LogP contribution in [0.2, 0.25) is 0 Å². The maximum atomic E-state index is 4.53. The first-order valence-electron chi connectivity index (χ1n) is 6.88. The highest BCUT2D eigenvalue weighted by Crippen LogP contribution is 2.22. The number of imidazole rings is 1. The van der Waals surface area contributed by atoms with Crippen LogP contribution in [0.1, 0.15) is 24.2 Å². The van der Waals surface area contributed by atoms with Crippen molar-refractivity contribution in [3.8, 4) is 0 Å². The Balaban J connectivity index is 1.76. The summed E-state index contributed by atoms with van der Waals surface area (Å²) in [5.41, 5.74) is 1.29. The highest BCUT2D eigenvalue weighted by molar-refractivity contribution is 5.24. The van der Waals surface area contributed by atoms with Crippen LogP contribution in [0.4, 0.5) is 0 Å². The van der Waals surface area contributed by atoms with Gasteiger partial charge in [-0.05, 0) is 11.6 Å². The Kier molecular flexibility index (Phi) is 3.63. The monoisotopic (exact) mass is 266 g/mol. The molecular formula is C16H18N4.